The molecule has 160 valence electrons. The number of halogens is 1. The zero-order valence-electron chi connectivity index (χ0n) is 17.4. The smallest absolute Gasteiger partial charge is 0.278 e. The molecule has 0 aromatic heterocycles. The Morgan fingerprint density at radius 3 is 2.26 bits per heavy atom. The summed E-state index contributed by atoms with van der Waals surface area (Å²) in [4.78, 5) is 31.6. The molecule has 0 atom stereocenters. The summed E-state index contributed by atoms with van der Waals surface area (Å²) in [6.45, 7) is 6.26. The van der Waals surface area contributed by atoms with Crippen molar-refractivity contribution in [3.05, 3.63) is 78.3 Å². The van der Waals surface area contributed by atoms with Gasteiger partial charge in [-0.25, -0.2) is 4.39 Å². The van der Waals surface area contributed by atoms with E-state index in [0.717, 1.165) is 11.4 Å². The normalized spacial score (nSPS) is 16.9. The number of hydrogen-bond acceptors (Lipinski definition) is 5. The van der Waals surface area contributed by atoms with Gasteiger partial charge in [0.2, 0.25) is 0 Å². The molecule has 6 nitrogen and oxygen atoms in total. The number of methoxy groups -OCH3 is 1. The van der Waals surface area contributed by atoms with E-state index in [2.05, 4.69) is 11.5 Å². The lowest BCUT2D eigenvalue weighted by atomic mass is 10.0. The SMILES string of the molecule is C=CCN1C(=O)C(c2ccc(F)cc2)=C(N2CCN(c3ccccc3OC)CC2)C1=O. The fourth-order valence-corrected chi connectivity index (χ4v) is 4.09. The quantitative estimate of drug-likeness (QED) is 0.530. The standard InChI is InChI=1S/C24H24FN3O3/c1-3-12-28-23(29)21(17-8-10-18(25)11-9-17)22(24(28)30)27-15-13-26(14-16-27)19-6-4-5-7-20(19)31-2/h3-11H,1,12-16H2,2H3. The lowest BCUT2D eigenvalue weighted by molar-refractivity contribution is -0.136. The van der Waals surface area contributed by atoms with Gasteiger partial charge in [0.15, 0.2) is 0 Å². The Balaban J connectivity index is 1.64. The largest absolute Gasteiger partial charge is 0.495 e. The van der Waals surface area contributed by atoms with E-state index >= 15 is 0 Å². The van der Waals surface area contributed by atoms with Crippen LogP contribution in [-0.4, -0.2) is 61.4 Å². The van der Waals surface area contributed by atoms with Crippen molar-refractivity contribution in [3.63, 3.8) is 0 Å². The van der Waals surface area contributed by atoms with E-state index in [4.69, 9.17) is 4.74 Å². The predicted molar refractivity (Wildman–Crippen MR) is 117 cm³/mol. The number of ether oxygens (including phenoxy) is 1. The van der Waals surface area contributed by atoms with E-state index in [1.807, 2.05) is 29.2 Å². The van der Waals surface area contributed by atoms with Crippen LogP contribution in [0.15, 0.2) is 66.9 Å². The molecule has 2 amide bonds. The summed E-state index contributed by atoms with van der Waals surface area (Å²) in [5, 5.41) is 0. The molecule has 2 aliphatic heterocycles. The summed E-state index contributed by atoms with van der Waals surface area (Å²) < 4.78 is 18.9. The van der Waals surface area contributed by atoms with Crippen molar-refractivity contribution in [2.45, 2.75) is 0 Å². The summed E-state index contributed by atoms with van der Waals surface area (Å²) in [6, 6.07) is 13.5. The first-order chi connectivity index (χ1) is 15.0. The second-order valence-corrected chi connectivity index (χ2v) is 7.39. The predicted octanol–water partition coefficient (Wildman–Crippen LogP) is 2.92. The third-order valence-corrected chi connectivity index (χ3v) is 5.61. The Morgan fingerprint density at radius 1 is 0.968 bits per heavy atom. The van der Waals surface area contributed by atoms with Gasteiger partial charge in [0.1, 0.15) is 17.3 Å². The van der Waals surface area contributed by atoms with Crippen LogP contribution in [0.4, 0.5) is 10.1 Å². The maximum absolute atomic E-state index is 13.4. The number of piperazine rings is 1. The molecule has 0 radical (unpaired) electrons. The van der Waals surface area contributed by atoms with Crippen molar-refractivity contribution < 1.29 is 18.7 Å². The van der Waals surface area contributed by atoms with E-state index in [1.165, 1.54) is 23.1 Å². The van der Waals surface area contributed by atoms with E-state index in [9.17, 15) is 14.0 Å². The molecule has 0 aliphatic carbocycles. The van der Waals surface area contributed by atoms with E-state index in [0.29, 0.717) is 43.0 Å². The molecule has 4 rings (SSSR count). The Kier molecular flexibility index (Phi) is 5.75. The molecule has 0 bridgehead atoms. The topological polar surface area (TPSA) is 53.1 Å². The lowest BCUT2D eigenvalue weighted by Gasteiger charge is -2.38. The first-order valence-corrected chi connectivity index (χ1v) is 10.2. The van der Waals surface area contributed by atoms with Crippen LogP contribution in [0.3, 0.4) is 0 Å². The monoisotopic (exact) mass is 421 g/mol. The van der Waals surface area contributed by atoms with Gasteiger partial charge in [0, 0.05) is 32.7 Å². The number of rotatable bonds is 6. The van der Waals surface area contributed by atoms with Crippen molar-refractivity contribution in [2.75, 3.05) is 44.7 Å². The van der Waals surface area contributed by atoms with E-state index in [-0.39, 0.29) is 18.4 Å². The van der Waals surface area contributed by atoms with Gasteiger partial charge in [-0.05, 0) is 29.8 Å². The second kappa shape index (κ2) is 8.63. The molecule has 2 aliphatic rings. The van der Waals surface area contributed by atoms with E-state index in [1.54, 1.807) is 19.2 Å². The van der Waals surface area contributed by atoms with Crippen molar-refractivity contribution in [1.29, 1.82) is 0 Å². The van der Waals surface area contributed by atoms with Crippen LogP contribution in [0.5, 0.6) is 5.75 Å². The number of nitrogens with zero attached hydrogens (tertiary/aromatic N) is 3. The Morgan fingerprint density at radius 2 is 1.61 bits per heavy atom. The first-order valence-electron chi connectivity index (χ1n) is 10.2. The maximum atomic E-state index is 13.4. The Bertz CT molecular complexity index is 1040. The van der Waals surface area contributed by atoms with Crippen molar-refractivity contribution >= 4 is 23.1 Å². The number of para-hydroxylation sites is 2. The number of carbonyl (C=O) groups excluding carboxylic acids is 2. The van der Waals surface area contributed by atoms with Crippen LogP contribution in [0.25, 0.3) is 5.57 Å². The van der Waals surface area contributed by atoms with Crippen molar-refractivity contribution in [1.82, 2.24) is 9.80 Å². The van der Waals surface area contributed by atoms with Crippen molar-refractivity contribution in [2.24, 2.45) is 0 Å². The zero-order chi connectivity index (χ0) is 22.0. The van der Waals surface area contributed by atoms with Crippen LogP contribution in [0.1, 0.15) is 5.56 Å². The summed E-state index contributed by atoms with van der Waals surface area (Å²) in [5.41, 5.74) is 2.23. The number of hydrogen-bond donors (Lipinski definition) is 0. The molecule has 0 unspecified atom stereocenters. The minimum atomic E-state index is -0.393. The zero-order valence-corrected chi connectivity index (χ0v) is 17.4. The molecule has 31 heavy (non-hydrogen) atoms. The Hall–Kier alpha value is -3.61. The molecule has 0 N–H and O–H groups in total. The third kappa shape index (κ3) is 3.79. The number of benzene rings is 2. The molecule has 2 aromatic carbocycles. The summed E-state index contributed by atoms with van der Waals surface area (Å²) in [7, 11) is 1.64. The van der Waals surface area contributed by atoms with Crippen LogP contribution < -0.4 is 9.64 Å². The van der Waals surface area contributed by atoms with Gasteiger partial charge in [-0.3, -0.25) is 14.5 Å². The number of anilines is 1. The average Bonchev–Trinajstić information content (AvgIpc) is 3.05. The van der Waals surface area contributed by atoms with Gasteiger partial charge in [0.25, 0.3) is 11.8 Å². The second-order valence-electron chi connectivity index (χ2n) is 7.39. The molecule has 1 saturated heterocycles. The Labute approximate surface area is 180 Å². The molecule has 0 saturated carbocycles. The number of amides is 2. The number of carbonyl (C=O) groups is 2. The highest BCUT2D eigenvalue weighted by molar-refractivity contribution is 6.35. The first kappa shape index (κ1) is 20.7. The fraction of sp³-hybridized carbons (Fsp3) is 0.250. The third-order valence-electron chi connectivity index (χ3n) is 5.61. The molecule has 7 heteroatoms. The molecule has 0 spiro atoms. The molecular weight excluding hydrogens is 397 g/mol. The maximum Gasteiger partial charge on any atom is 0.278 e. The van der Waals surface area contributed by atoms with Crippen LogP contribution in [-0.2, 0) is 9.59 Å². The summed E-state index contributed by atoms with van der Waals surface area (Å²) >= 11 is 0. The molecular formula is C24H24FN3O3. The summed E-state index contributed by atoms with van der Waals surface area (Å²) in [6.07, 6.45) is 1.53. The van der Waals surface area contributed by atoms with Gasteiger partial charge < -0.3 is 14.5 Å². The van der Waals surface area contributed by atoms with Crippen LogP contribution in [0.2, 0.25) is 0 Å². The minimum absolute atomic E-state index is 0.132. The molecule has 2 aromatic rings. The molecule has 2 heterocycles. The van der Waals surface area contributed by atoms with Gasteiger partial charge >= 0.3 is 0 Å². The van der Waals surface area contributed by atoms with Gasteiger partial charge in [-0.2, -0.15) is 0 Å². The highest BCUT2D eigenvalue weighted by atomic mass is 19.1. The highest BCUT2D eigenvalue weighted by Gasteiger charge is 2.41. The fourth-order valence-electron chi connectivity index (χ4n) is 4.09. The number of imide groups is 1. The van der Waals surface area contributed by atoms with Crippen molar-refractivity contribution in [3.8, 4) is 5.75 Å². The van der Waals surface area contributed by atoms with Gasteiger partial charge in [-0.15, -0.1) is 6.58 Å². The van der Waals surface area contributed by atoms with Gasteiger partial charge in [0.05, 0.1) is 18.4 Å². The minimum Gasteiger partial charge on any atom is -0.495 e. The molecule has 1 fully saturated rings. The van der Waals surface area contributed by atoms with Crippen LogP contribution in [0, 0.1) is 5.82 Å². The highest BCUT2D eigenvalue weighted by Crippen LogP contribution is 2.34. The van der Waals surface area contributed by atoms with Crippen LogP contribution >= 0.6 is 0 Å². The van der Waals surface area contributed by atoms with E-state index < -0.39 is 5.82 Å². The summed E-state index contributed by atoms with van der Waals surface area (Å²) in [5.74, 6) is -0.309. The lowest BCUT2D eigenvalue weighted by Crippen LogP contribution is -2.47. The van der Waals surface area contributed by atoms with Gasteiger partial charge in [-0.1, -0.05) is 30.3 Å². The average molecular weight is 421 g/mol.